The third kappa shape index (κ3) is 5.27. The van der Waals surface area contributed by atoms with Crippen LogP contribution in [0.2, 0.25) is 0 Å². The average molecular weight is 452 g/mol. The first-order valence-corrected chi connectivity index (χ1v) is 12.1. The van der Waals surface area contributed by atoms with Crippen LogP contribution in [0.15, 0.2) is 46.3 Å². The van der Waals surface area contributed by atoms with Crippen LogP contribution in [0.1, 0.15) is 48.1 Å². The van der Waals surface area contributed by atoms with Crippen molar-refractivity contribution in [3.8, 4) is 11.3 Å². The summed E-state index contributed by atoms with van der Waals surface area (Å²) in [5.74, 6) is 1.07. The molecule has 1 aromatic carbocycles. The van der Waals surface area contributed by atoms with Crippen LogP contribution < -0.4 is 5.32 Å². The highest BCUT2D eigenvalue weighted by molar-refractivity contribution is 7.10. The van der Waals surface area contributed by atoms with Crippen molar-refractivity contribution in [1.82, 2.24) is 15.2 Å². The third-order valence-corrected chi connectivity index (χ3v) is 6.81. The normalized spacial score (nSPS) is 14.1. The van der Waals surface area contributed by atoms with Crippen LogP contribution in [0, 0.1) is 6.92 Å². The van der Waals surface area contributed by atoms with E-state index < -0.39 is 6.04 Å². The first-order chi connectivity index (χ1) is 15.5. The summed E-state index contributed by atoms with van der Waals surface area (Å²) in [5.41, 5.74) is 3.37. The van der Waals surface area contributed by atoms with Gasteiger partial charge in [-0.15, -0.1) is 11.3 Å². The average Bonchev–Trinajstić information content (AvgIpc) is 3.46. The molecule has 3 heterocycles. The van der Waals surface area contributed by atoms with E-state index in [1.807, 2.05) is 43.0 Å². The first kappa shape index (κ1) is 22.3. The van der Waals surface area contributed by atoms with Gasteiger partial charge in [0.15, 0.2) is 11.7 Å². The molecule has 1 atom stereocenters. The summed E-state index contributed by atoms with van der Waals surface area (Å²) in [7, 11) is 0. The number of carbonyl (C=O) groups excluding carboxylic acids is 2. The highest BCUT2D eigenvalue weighted by Crippen LogP contribution is 2.25. The van der Waals surface area contributed by atoms with Gasteiger partial charge in [0.2, 0.25) is 11.8 Å². The van der Waals surface area contributed by atoms with E-state index in [9.17, 15) is 9.59 Å². The number of amides is 2. The molecule has 1 N–H and O–H groups in total. The summed E-state index contributed by atoms with van der Waals surface area (Å²) in [6.07, 6.45) is 4.67. The molecule has 2 amide bonds. The number of aryl methyl sites for hydroxylation is 2. The van der Waals surface area contributed by atoms with Gasteiger partial charge in [-0.1, -0.05) is 43.2 Å². The molecule has 32 heavy (non-hydrogen) atoms. The van der Waals surface area contributed by atoms with Gasteiger partial charge < -0.3 is 14.6 Å². The summed E-state index contributed by atoms with van der Waals surface area (Å²) in [4.78, 5) is 33.2. The second kappa shape index (κ2) is 10.1. The summed E-state index contributed by atoms with van der Waals surface area (Å²) in [6, 6.07) is 9.64. The second-order valence-electron chi connectivity index (χ2n) is 8.27. The van der Waals surface area contributed by atoms with Crippen LogP contribution in [0.25, 0.3) is 11.3 Å². The number of benzene rings is 1. The molecule has 1 unspecified atom stereocenters. The Balaban J connectivity index is 1.31. The van der Waals surface area contributed by atoms with Crippen LogP contribution in [0.5, 0.6) is 0 Å². The van der Waals surface area contributed by atoms with Gasteiger partial charge in [0.05, 0.1) is 6.20 Å². The van der Waals surface area contributed by atoms with E-state index in [0.29, 0.717) is 37.6 Å². The topological polar surface area (TPSA) is 75.4 Å². The van der Waals surface area contributed by atoms with Crippen molar-refractivity contribution in [1.29, 1.82) is 0 Å². The Kier molecular flexibility index (Phi) is 7.05. The molecule has 7 heteroatoms. The zero-order chi connectivity index (χ0) is 22.5. The molecule has 0 aliphatic carbocycles. The van der Waals surface area contributed by atoms with E-state index in [1.165, 1.54) is 16.0 Å². The fourth-order valence-corrected chi connectivity index (χ4v) is 4.86. The quantitative estimate of drug-likeness (QED) is 0.547. The molecular formula is C25H29N3O3S. The van der Waals surface area contributed by atoms with Gasteiger partial charge >= 0.3 is 0 Å². The van der Waals surface area contributed by atoms with Gasteiger partial charge in [0, 0.05) is 36.4 Å². The lowest BCUT2D eigenvalue weighted by molar-refractivity contribution is -0.137. The number of hydrogen-bond acceptors (Lipinski definition) is 5. The minimum Gasteiger partial charge on any atom is -0.441 e. The Morgan fingerprint density at radius 1 is 1.25 bits per heavy atom. The van der Waals surface area contributed by atoms with Crippen molar-refractivity contribution in [3.63, 3.8) is 0 Å². The molecule has 1 aliphatic heterocycles. The molecule has 6 nitrogen and oxygen atoms in total. The van der Waals surface area contributed by atoms with Crippen LogP contribution in [0.4, 0.5) is 0 Å². The molecule has 0 radical (unpaired) electrons. The lowest BCUT2D eigenvalue weighted by atomic mass is 10.1. The van der Waals surface area contributed by atoms with Crippen LogP contribution >= 0.6 is 11.3 Å². The molecule has 0 spiro atoms. The van der Waals surface area contributed by atoms with Gasteiger partial charge in [0.25, 0.3) is 0 Å². The molecule has 4 rings (SSSR count). The molecule has 3 aromatic rings. The van der Waals surface area contributed by atoms with Crippen molar-refractivity contribution >= 4 is 23.2 Å². The highest BCUT2D eigenvalue weighted by atomic mass is 32.1. The lowest BCUT2D eigenvalue weighted by Crippen LogP contribution is -2.49. The van der Waals surface area contributed by atoms with E-state index in [1.54, 1.807) is 17.5 Å². The number of fused-ring (bicyclic) bond motifs is 1. The summed E-state index contributed by atoms with van der Waals surface area (Å²) < 4.78 is 5.82. The van der Waals surface area contributed by atoms with E-state index >= 15 is 0 Å². The van der Waals surface area contributed by atoms with E-state index in [0.717, 1.165) is 18.4 Å². The minimum absolute atomic E-state index is 0.00910. The van der Waals surface area contributed by atoms with Crippen molar-refractivity contribution in [3.05, 3.63) is 63.8 Å². The summed E-state index contributed by atoms with van der Waals surface area (Å²) in [5, 5.41) is 5.03. The van der Waals surface area contributed by atoms with E-state index in [2.05, 4.69) is 21.7 Å². The van der Waals surface area contributed by atoms with Crippen LogP contribution in [-0.4, -0.2) is 34.3 Å². The summed E-state index contributed by atoms with van der Waals surface area (Å²) in [6.45, 7) is 5.40. The number of nitrogens with zero attached hydrogens (tertiary/aromatic N) is 2. The van der Waals surface area contributed by atoms with Gasteiger partial charge in [-0.05, 0) is 36.8 Å². The number of aromatic nitrogens is 1. The maximum absolute atomic E-state index is 13.1. The Hall–Kier alpha value is -2.93. The lowest BCUT2D eigenvalue weighted by Gasteiger charge is -2.31. The van der Waals surface area contributed by atoms with Crippen molar-refractivity contribution in [2.75, 3.05) is 6.54 Å². The minimum atomic E-state index is -0.486. The second-order valence-corrected chi connectivity index (χ2v) is 9.27. The number of nitrogens with one attached hydrogen (secondary N) is 1. The maximum Gasteiger partial charge on any atom is 0.245 e. The van der Waals surface area contributed by atoms with Crippen LogP contribution in [-0.2, 0) is 29.0 Å². The molecule has 0 bridgehead atoms. The standard InChI is InChI=1S/C25H29N3O3S/c1-3-4-20(25(30)28-13-11-22-19(16-28)12-14-32-22)27-23(29)9-10-24-26-15-21(31-24)18-7-5-17(2)6-8-18/h5-8,12,14-15,20H,3-4,9-11,13,16H2,1-2H3,(H,27,29). The number of hydrogen-bond donors (Lipinski definition) is 1. The SMILES string of the molecule is CCCC(NC(=O)CCc1ncc(-c2ccc(C)cc2)o1)C(=O)N1CCc2sccc2C1. The summed E-state index contributed by atoms with van der Waals surface area (Å²) >= 11 is 1.75. The van der Waals surface area contributed by atoms with Crippen molar-refractivity contribution < 1.29 is 14.0 Å². The Bertz CT molecular complexity index is 1070. The third-order valence-electron chi connectivity index (χ3n) is 5.79. The van der Waals surface area contributed by atoms with Gasteiger partial charge in [-0.2, -0.15) is 0 Å². The predicted molar refractivity (Wildman–Crippen MR) is 125 cm³/mol. The number of rotatable bonds is 8. The highest BCUT2D eigenvalue weighted by Gasteiger charge is 2.28. The number of carbonyl (C=O) groups is 2. The largest absolute Gasteiger partial charge is 0.441 e. The smallest absolute Gasteiger partial charge is 0.245 e. The van der Waals surface area contributed by atoms with Crippen molar-refractivity contribution in [2.45, 2.75) is 58.5 Å². The Morgan fingerprint density at radius 2 is 2.06 bits per heavy atom. The number of oxazole rings is 1. The van der Waals surface area contributed by atoms with Gasteiger partial charge in [-0.25, -0.2) is 4.98 Å². The Labute approximate surface area is 192 Å². The van der Waals surface area contributed by atoms with E-state index in [-0.39, 0.29) is 18.2 Å². The van der Waals surface area contributed by atoms with Gasteiger partial charge in [-0.3, -0.25) is 9.59 Å². The number of thiophene rings is 1. The Morgan fingerprint density at radius 3 is 2.84 bits per heavy atom. The molecule has 0 fully saturated rings. The zero-order valence-electron chi connectivity index (χ0n) is 18.6. The molecule has 2 aromatic heterocycles. The maximum atomic E-state index is 13.1. The molecule has 168 valence electrons. The zero-order valence-corrected chi connectivity index (χ0v) is 19.4. The van der Waals surface area contributed by atoms with Crippen molar-refractivity contribution in [2.24, 2.45) is 0 Å². The molecule has 0 saturated carbocycles. The van der Waals surface area contributed by atoms with Gasteiger partial charge in [0.1, 0.15) is 6.04 Å². The van der Waals surface area contributed by atoms with Crippen LogP contribution in [0.3, 0.4) is 0 Å². The first-order valence-electron chi connectivity index (χ1n) is 11.2. The monoisotopic (exact) mass is 451 g/mol. The fourth-order valence-electron chi connectivity index (χ4n) is 3.97. The predicted octanol–water partition coefficient (Wildman–Crippen LogP) is 4.51. The van der Waals surface area contributed by atoms with E-state index in [4.69, 9.17) is 4.42 Å². The fraction of sp³-hybridized carbons (Fsp3) is 0.400. The molecular weight excluding hydrogens is 422 g/mol. The molecule has 0 saturated heterocycles. The molecule has 1 aliphatic rings.